The number of ketones is 4. The van der Waals surface area contributed by atoms with Gasteiger partial charge in [0.05, 0.1) is 115 Å². The zero-order valence-corrected chi connectivity index (χ0v) is 68.0. The standard InChI is InChI=1S/C25H27N3O2.C25H25N3O.C22H21BrN4O3.C22H22N4O2/c1-18-25(24(30)17-27-13-4-3-5-14-27)22-11-6-19(12-15-29)16-23(22)28(18)21-9-7-20(26-2)8-10-21;1-4-19-8-13-22-23(16-19)28(21-11-9-20(26-3)10-12-21)18(2)25(22)24(29)17-27-14-6-5-7-15-27;1-13-21(20(30)12-26-8-7-18(28)19(29)11-26)22-17(9-14(23)10-25-22)27(13)16-5-3-15(24-2)4-6-16;1-15-21(20(28)14-25-12-9-18(27)10-13-25)22-19(4-3-11-24-22)26(15)17-7-5-16(23-2)6-8-17/h6-11,16,29H,3-5,12-15,17H2,1H3;4,8-13,16H,1,5-7,14-15,17H2,2H3;3-6,9-10,18-19,28-29H,7-8,11-12H2,1H3;3-8,11,18,27H,9-10,12-14H2,1H3/t;;18-,19+;/m..0./s1. The number of aromatic nitrogens is 6. The van der Waals surface area contributed by atoms with Gasteiger partial charge in [0, 0.05) is 117 Å². The summed E-state index contributed by atoms with van der Waals surface area (Å²) in [6.07, 6.45) is 13.0. The van der Waals surface area contributed by atoms with Gasteiger partial charge in [0.1, 0.15) is 0 Å². The fraction of sp³-hybridized carbons (Fsp3) is 0.319. The van der Waals surface area contributed by atoms with Crippen LogP contribution in [0.1, 0.15) is 133 Å². The number of nitrogens with zero attached hydrogens (tertiary/aromatic N) is 14. The molecule has 0 radical (unpaired) electrons. The topological polar surface area (TPSA) is 225 Å². The van der Waals surface area contributed by atoms with E-state index in [0.717, 1.165) is 157 Å². The van der Waals surface area contributed by atoms with Crippen LogP contribution >= 0.6 is 15.9 Å². The van der Waals surface area contributed by atoms with Gasteiger partial charge in [-0.1, -0.05) is 98.3 Å². The minimum absolute atomic E-state index is 0.0501. The number of hydrogen-bond acceptors (Lipinski definition) is 14. The molecule has 0 aliphatic carbocycles. The van der Waals surface area contributed by atoms with Crippen LogP contribution in [-0.4, -0.2) is 195 Å². The van der Waals surface area contributed by atoms with Crippen LogP contribution in [0.3, 0.4) is 0 Å². The molecule has 117 heavy (non-hydrogen) atoms. The van der Waals surface area contributed by atoms with Crippen molar-refractivity contribution in [2.75, 3.05) is 85.1 Å². The van der Waals surface area contributed by atoms with Gasteiger partial charge in [0.15, 0.2) is 45.9 Å². The normalized spacial score (nSPS) is 16.2. The first kappa shape index (κ1) is 83.3. The number of aliphatic hydroxyl groups excluding tert-OH is 4. The molecule has 0 saturated carbocycles. The summed E-state index contributed by atoms with van der Waals surface area (Å²) < 4.78 is 9.04. The number of Topliss-reactive ketones (excluding diaryl/α,β-unsaturated/α-hetero) is 4. The number of likely N-dealkylation sites (tertiary alicyclic amines) is 4. The lowest BCUT2D eigenvalue weighted by Crippen LogP contribution is -2.48. The summed E-state index contributed by atoms with van der Waals surface area (Å²) in [7, 11) is 0. The third kappa shape index (κ3) is 18.6. The van der Waals surface area contributed by atoms with Crippen LogP contribution in [0.4, 0.5) is 22.7 Å². The maximum atomic E-state index is 13.4. The number of rotatable bonds is 19. The molecule has 4 fully saturated rings. The van der Waals surface area contributed by atoms with Crippen molar-refractivity contribution in [2.24, 2.45) is 0 Å². The Morgan fingerprint density at radius 1 is 0.453 bits per heavy atom. The summed E-state index contributed by atoms with van der Waals surface area (Å²) in [5.74, 6) is 0.310. The van der Waals surface area contributed by atoms with Crippen molar-refractivity contribution in [1.82, 2.24) is 47.8 Å². The number of halogens is 1. The molecule has 4 aliphatic rings. The molecular formula is C94H95BrN14O8. The minimum Gasteiger partial charge on any atom is -0.396 e. The van der Waals surface area contributed by atoms with E-state index in [2.05, 4.69) is 87.8 Å². The highest BCUT2D eigenvalue weighted by Gasteiger charge is 2.32. The van der Waals surface area contributed by atoms with E-state index < -0.39 is 12.2 Å². The maximum absolute atomic E-state index is 13.4. The Labute approximate surface area is 690 Å². The van der Waals surface area contributed by atoms with Crippen LogP contribution < -0.4 is 0 Å². The second-order valence-electron chi connectivity index (χ2n) is 30.4. The van der Waals surface area contributed by atoms with Crippen molar-refractivity contribution in [1.29, 1.82) is 0 Å². The predicted octanol–water partition coefficient (Wildman–Crippen LogP) is 17.3. The van der Waals surface area contributed by atoms with Crippen LogP contribution in [0.25, 0.3) is 92.1 Å². The van der Waals surface area contributed by atoms with Gasteiger partial charge >= 0.3 is 0 Å². The van der Waals surface area contributed by atoms with Crippen LogP contribution in [0.15, 0.2) is 175 Å². The monoisotopic (exact) mass is 1630 g/mol. The Morgan fingerprint density at radius 3 is 1.29 bits per heavy atom. The van der Waals surface area contributed by atoms with E-state index in [0.29, 0.717) is 96.8 Å². The van der Waals surface area contributed by atoms with Crippen LogP contribution in [0, 0.1) is 54.0 Å². The zero-order chi connectivity index (χ0) is 82.6. The SMILES string of the molecule is [C-]#[N+]c1ccc(-n2c(C)c(C(=O)CN3CCC(O)CC3)c3ncccc32)cc1.[C-]#[N+]c1ccc(-n2c(C)c(C(=O)CN3CCCCC3)c3ccc(C=C)cc32)cc1.[C-]#[N+]c1ccc(-n2c(C)c(C(=O)CN3CCCCC3)c3ccc(CCO)cc32)cc1.[C-]#[N+]c1ccc(-n2c(C)c(C(=O)CN3CC[C@H](O)[C@H](O)C3)c3ncc(Br)cc32)cc1. The molecule has 0 spiro atoms. The number of piperidine rings is 4. The summed E-state index contributed by atoms with van der Waals surface area (Å²) in [6.45, 7) is 48.2. The first-order valence-corrected chi connectivity index (χ1v) is 40.6. The molecule has 4 N–H and O–H groups in total. The number of β-amino-alcohol motifs (C(OH)–C–C–N with tert-alkyl or cyclic N) is 1. The zero-order valence-electron chi connectivity index (χ0n) is 66.4. The number of aliphatic hydroxyl groups is 4. The smallest absolute Gasteiger partial charge is 0.187 e. The second-order valence-corrected chi connectivity index (χ2v) is 31.3. The molecule has 6 aromatic heterocycles. The van der Waals surface area contributed by atoms with Gasteiger partial charge in [0.25, 0.3) is 0 Å². The van der Waals surface area contributed by atoms with E-state index in [9.17, 15) is 39.6 Å². The molecule has 22 nitrogen and oxygen atoms in total. The Bertz CT molecular complexity index is 5850. The van der Waals surface area contributed by atoms with Crippen molar-refractivity contribution < 1.29 is 39.6 Å². The van der Waals surface area contributed by atoms with E-state index >= 15 is 0 Å². The summed E-state index contributed by atoms with van der Waals surface area (Å²) in [4.78, 5) is 84.5. The van der Waals surface area contributed by atoms with Gasteiger partial charge in [-0.3, -0.25) is 48.7 Å². The average Bonchev–Trinajstić information content (AvgIpc) is 1.62. The van der Waals surface area contributed by atoms with E-state index in [-0.39, 0.29) is 48.9 Å². The number of pyridine rings is 2. The van der Waals surface area contributed by atoms with Gasteiger partial charge in [-0.15, -0.1) is 0 Å². The van der Waals surface area contributed by atoms with Gasteiger partial charge < -0.3 is 38.7 Å². The van der Waals surface area contributed by atoms with Crippen LogP contribution in [0.2, 0.25) is 0 Å². The van der Waals surface area contributed by atoms with Crippen molar-refractivity contribution in [3.63, 3.8) is 0 Å². The third-order valence-electron chi connectivity index (χ3n) is 22.7. The maximum Gasteiger partial charge on any atom is 0.187 e. The van der Waals surface area contributed by atoms with Crippen molar-refractivity contribution in [3.8, 4) is 22.7 Å². The molecule has 0 unspecified atom stereocenters. The van der Waals surface area contributed by atoms with Crippen molar-refractivity contribution in [3.05, 3.63) is 277 Å². The van der Waals surface area contributed by atoms with Gasteiger partial charge in [-0.25, -0.2) is 19.4 Å². The Kier molecular flexibility index (Phi) is 27.0. The Morgan fingerprint density at radius 2 is 0.846 bits per heavy atom. The summed E-state index contributed by atoms with van der Waals surface area (Å²) in [5.41, 5.74) is 19.3. The van der Waals surface area contributed by atoms with E-state index in [1.54, 1.807) is 48.8 Å². The van der Waals surface area contributed by atoms with Crippen LogP contribution in [-0.2, 0) is 6.42 Å². The molecule has 16 rings (SSSR count). The molecule has 23 heteroatoms. The second kappa shape index (κ2) is 37.9. The molecule has 596 valence electrons. The molecule has 0 amide bonds. The lowest BCUT2D eigenvalue weighted by atomic mass is 10.0. The number of benzene rings is 6. The van der Waals surface area contributed by atoms with Crippen LogP contribution in [0.5, 0.6) is 0 Å². The van der Waals surface area contributed by atoms with E-state index in [1.165, 1.54) is 25.7 Å². The first-order chi connectivity index (χ1) is 56.7. The van der Waals surface area contributed by atoms with Gasteiger partial charge in [0.2, 0.25) is 0 Å². The highest BCUT2D eigenvalue weighted by Crippen LogP contribution is 2.37. The molecule has 4 aliphatic heterocycles. The quantitative estimate of drug-likeness (QED) is 0.0437. The van der Waals surface area contributed by atoms with E-state index in [1.807, 2.05) is 151 Å². The van der Waals surface area contributed by atoms with Gasteiger partial charge in [-0.05, 0) is 211 Å². The molecule has 0 bridgehead atoms. The lowest BCUT2D eigenvalue weighted by molar-refractivity contribution is -0.0363. The highest BCUT2D eigenvalue weighted by molar-refractivity contribution is 9.10. The number of carbonyl (C=O) groups is 4. The average molecular weight is 1630 g/mol. The molecular weight excluding hydrogens is 1530 g/mol. The number of fused-ring (bicyclic) bond motifs is 4. The first-order valence-electron chi connectivity index (χ1n) is 39.8. The Hall–Kier alpha value is -11.7. The summed E-state index contributed by atoms with van der Waals surface area (Å²) in [5, 5.41) is 40.6. The van der Waals surface area contributed by atoms with Gasteiger partial charge in [-0.2, -0.15) is 0 Å². The molecule has 6 aromatic carbocycles. The summed E-state index contributed by atoms with van der Waals surface area (Å²) in [6, 6.07) is 47.5. The molecule has 4 saturated heterocycles. The minimum atomic E-state index is -0.843. The Balaban J connectivity index is 0.000000136. The lowest BCUT2D eigenvalue weighted by Gasteiger charge is -2.32. The largest absolute Gasteiger partial charge is 0.396 e. The predicted molar refractivity (Wildman–Crippen MR) is 464 cm³/mol. The fourth-order valence-corrected chi connectivity index (χ4v) is 17.1. The highest BCUT2D eigenvalue weighted by atomic mass is 79.9. The third-order valence-corrected chi connectivity index (χ3v) is 23.2. The molecule has 2 atom stereocenters. The fourth-order valence-electron chi connectivity index (χ4n) is 16.8. The number of carbonyl (C=O) groups excluding carboxylic acids is 4. The van der Waals surface area contributed by atoms with E-state index in [4.69, 9.17) is 26.3 Å². The summed E-state index contributed by atoms with van der Waals surface area (Å²) >= 11 is 3.46. The van der Waals surface area contributed by atoms with Crippen molar-refractivity contribution >= 4 is 112 Å². The molecule has 12 aromatic rings. The molecule has 10 heterocycles. The number of hydrogen-bond donors (Lipinski definition) is 4. The van der Waals surface area contributed by atoms with Crippen molar-refractivity contribution in [2.45, 2.75) is 110 Å².